The molecule has 6 heteroatoms. The first kappa shape index (κ1) is 20.8. The molecule has 0 bridgehead atoms. The summed E-state index contributed by atoms with van der Waals surface area (Å²) in [5, 5.41) is 5.11. The lowest BCUT2D eigenvalue weighted by molar-refractivity contribution is 0.0896. The molecule has 0 saturated carbocycles. The van der Waals surface area contributed by atoms with Crippen LogP contribution in [0.15, 0.2) is 23.0 Å². The van der Waals surface area contributed by atoms with Gasteiger partial charge >= 0.3 is 0 Å². The molecule has 0 radical (unpaired) electrons. The molecular formula is C22H31N3O2S. The standard InChI is InChI=1S/C22H31N3O2S/c1-14(2)11-23-22(28)25(13-18-6-5-7-27-18)12-17-10-19-16(4)8-15(3)9-20(19)24-21(17)26/h8-10,14,18H,5-7,11-13H2,1-4H3,(H,23,28)(H,24,26)/t18-/m0/s1. The molecule has 0 aliphatic carbocycles. The van der Waals surface area contributed by atoms with Gasteiger partial charge in [0.25, 0.3) is 5.56 Å². The van der Waals surface area contributed by atoms with Gasteiger partial charge in [-0.05, 0) is 68.1 Å². The third kappa shape index (κ3) is 5.11. The number of hydrogen-bond donors (Lipinski definition) is 2. The van der Waals surface area contributed by atoms with Crippen LogP contribution in [0.25, 0.3) is 10.9 Å². The van der Waals surface area contributed by atoms with Crippen LogP contribution in [0, 0.1) is 19.8 Å². The quantitative estimate of drug-likeness (QED) is 0.724. The van der Waals surface area contributed by atoms with Gasteiger partial charge in [-0.15, -0.1) is 0 Å². The van der Waals surface area contributed by atoms with Crippen molar-refractivity contribution in [2.45, 2.75) is 53.2 Å². The van der Waals surface area contributed by atoms with Gasteiger partial charge in [0, 0.05) is 36.2 Å². The number of H-pyrrole nitrogens is 1. The zero-order chi connectivity index (χ0) is 20.3. The van der Waals surface area contributed by atoms with E-state index in [1.165, 1.54) is 5.56 Å². The maximum absolute atomic E-state index is 12.7. The fourth-order valence-electron chi connectivity index (χ4n) is 3.70. The molecule has 0 unspecified atom stereocenters. The van der Waals surface area contributed by atoms with Crippen LogP contribution in [0.1, 0.15) is 43.4 Å². The van der Waals surface area contributed by atoms with Crippen molar-refractivity contribution in [1.29, 1.82) is 0 Å². The van der Waals surface area contributed by atoms with Gasteiger partial charge < -0.3 is 19.9 Å². The van der Waals surface area contributed by atoms with E-state index in [-0.39, 0.29) is 11.7 Å². The average Bonchev–Trinajstić information content (AvgIpc) is 3.13. The molecule has 2 N–H and O–H groups in total. The van der Waals surface area contributed by atoms with E-state index in [2.05, 4.69) is 42.0 Å². The van der Waals surface area contributed by atoms with Crippen molar-refractivity contribution < 1.29 is 4.74 Å². The summed E-state index contributed by atoms with van der Waals surface area (Å²) in [6.45, 7) is 11.2. The minimum absolute atomic E-state index is 0.0542. The van der Waals surface area contributed by atoms with Crippen molar-refractivity contribution in [1.82, 2.24) is 15.2 Å². The Labute approximate surface area is 172 Å². The van der Waals surface area contributed by atoms with Gasteiger partial charge in [-0.1, -0.05) is 19.9 Å². The number of fused-ring (bicyclic) bond motifs is 1. The average molecular weight is 402 g/mol. The van der Waals surface area contributed by atoms with Crippen LogP contribution in [0.5, 0.6) is 0 Å². The number of nitrogens with zero attached hydrogens (tertiary/aromatic N) is 1. The van der Waals surface area contributed by atoms with Crippen molar-refractivity contribution >= 4 is 28.2 Å². The molecule has 0 spiro atoms. The van der Waals surface area contributed by atoms with Crippen LogP contribution in [-0.2, 0) is 11.3 Å². The minimum atomic E-state index is -0.0542. The van der Waals surface area contributed by atoms with Crippen molar-refractivity contribution in [3.63, 3.8) is 0 Å². The van der Waals surface area contributed by atoms with E-state index in [1.54, 1.807) is 0 Å². The smallest absolute Gasteiger partial charge is 0.253 e. The second kappa shape index (κ2) is 9.05. The van der Waals surface area contributed by atoms with Crippen molar-refractivity contribution in [2.75, 3.05) is 19.7 Å². The zero-order valence-corrected chi connectivity index (χ0v) is 18.1. The number of aromatic nitrogens is 1. The first-order valence-electron chi connectivity index (χ1n) is 10.1. The molecule has 0 amide bonds. The summed E-state index contributed by atoms with van der Waals surface area (Å²) in [4.78, 5) is 17.9. The number of aromatic amines is 1. The second-order valence-corrected chi connectivity index (χ2v) is 8.65. The molecule has 1 saturated heterocycles. The number of aryl methyl sites for hydroxylation is 2. The molecule has 1 aromatic heterocycles. The Kier molecular flexibility index (Phi) is 6.73. The van der Waals surface area contributed by atoms with E-state index in [0.717, 1.165) is 48.0 Å². The predicted molar refractivity (Wildman–Crippen MR) is 119 cm³/mol. The number of rotatable bonds is 6. The molecule has 3 rings (SSSR count). The second-order valence-electron chi connectivity index (χ2n) is 8.26. The molecule has 1 fully saturated rings. The number of ether oxygens (including phenoxy) is 1. The highest BCUT2D eigenvalue weighted by molar-refractivity contribution is 7.80. The van der Waals surface area contributed by atoms with Crippen molar-refractivity contribution in [2.24, 2.45) is 5.92 Å². The lowest BCUT2D eigenvalue weighted by Gasteiger charge is -2.28. The van der Waals surface area contributed by atoms with Gasteiger partial charge in [-0.25, -0.2) is 0 Å². The lowest BCUT2D eigenvalue weighted by atomic mass is 10.0. The Hall–Kier alpha value is -1.92. The minimum Gasteiger partial charge on any atom is -0.376 e. The normalized spacial score (nSPS) is 16.7. The Morgan fingerprint density at radius 2 is 2.14 bits per heavy atom. The Morgan fingerprint density at radius 1 is 1.36 bits per heavy atom. The highest BCUT2D eigenvalue weighted by Gasteiger charge is 2.22. The van der Waals surface area contributed by atoms with E-state index in [0.29, 0.717) is 24.1 Å². The Bertz CT molecular complexity index is 901. The van der Waals surface area contributed by atoms with Crippen LogP contribution < -0.4 is 10.9 Å². The predicted octanol–water partition coefficient (Wildman–Crippen LogP) is 3.66. The van der Waals surface area contributed by atoms with Gasteiger partial charge in [0.2, 0.25) is 0 Å². The number of hydrogen-bond acceptors (Lipinski definition) is 3. The number of pyridine rings is 1. The van der Waals surface area contributed by atoms with Gasteiger partial charge in [0.05, 0.1) is 12.6 Å². The topological polar surface area (TPSA) is 57.4 Å². The van der Waals surface area contributed by atoms with Crippen molar-refractivity contribution in [3.8, 4) is 0 Å². The maximum atomic E-state index is 12.7. The van der Waals surface area contributed by atoms with E-state index in [9.17, 15) is 4.79 Å². The molecule has 2 heterocycles. The summed E-state index contributed by atoms with van der Waals surface area (Å²) in [5.41, 5.74) is 3.87. The van der Waals surface area contributed by atoms with E-state index < -0.39 is 0 Å². The van der Waals surface area contributed by atoms with Gasteiger partial charge in [-0.2, -0.15) is 0 Å². The highest BCUT2D eigenvalue weighted by Crippen LogP contribution is 2.20. The molecule has 1 aliphatic rings. The maximum Gasteiger partial charge on any atom is 0.253 e. The number of thiocarbonyl (C=S) groups is 1. The van der Waals surface area contributed by atoms with Crippen molar-refractivity contribution in [3.05, 3.63) is 45.2 Å². The van der Waals surface area contributed by atoms with Crippen LogP contribution in [0.2, 0.25) is 0 Å². The van der Waals surface area contributed by atoms with Crippen LogP contribution >= 0.6 is 12.2 Å². The molecular weight excluding hydrogens is 370 g/mol. The summed E-state index contributed by atoms with van der Waals surface area (Å²) >= 11 is 5.66. The van der Waals surface area contributed by atoms with Crippen LogP contribution in [-0.4, -0.2) is 40.8 Å². The van der Waals surface area contributed by atoms with E-state index in [4.69, 9.17) is 17.0 Å². The fourth-order valence-corrected chi connectivity index (χ4v) is 3.92. The van der Waals surface area contributed by atoms with Crippen LogP contribution in [0.3, 0.4) is 0 Å². The van der Waals surface area contributed by atoms with Crippen LogP contribution in [0.4, 0.5) is 0 Å². The lowest BCUT2D eigenvalue weighted by Crippen LogP contribution is -2.44. The molecule has 152 valence electrons. The summed E-state index contributed by atoms with van der Waals surface area (Å²) in [7, 11) is 0. The molecule has 1 atom stereocenters. The third-order valence-corrected chi connectivity index (χ3v) is 5.55. The SMILES string of the molecule is Cc1cc(C)c2cc(CN(C[C@@H]3CCCO3)C(=S)NCC(C)C)c(=O)[nH]c2c1. The summed E-state index contributed by atoms with van der Waals surface area (Å²) < 4.78 is 5.81. The van der Waals surface area contributed by atoms with E-state index >= 15 is 0 Å². The van der Waals surface area contributed by atoms with Gasteiger partial charge in [0.1, 0.15) is 0 Å². The fraction of sp³-hybridized carbons (Fsp3) is 0.545. The Morgan fingerprint density at radius 3 is 2.82 bits per heavy atom. The first-order valence-corrected chi connectivity index (χ1v) is 10.5. The number of nitrogens with one attached hydrogen (secondary N) is 2. The Balaban J connectivity index is 1.87. The molecule has 2 aromatic rings. The molecule has 5 nitrogen and oxygen atoms in total. The molecule has 1 aliphatic heterocycles. The molecule has 1 aromatic carbocycles. The zero-order valence-electron chi connectivity index (χ0n) is 17.3. The van der Waals surface area contributed by atoms with Gasteiger partial charge in [-0.3, -0.25) is 4.79 Å². The summed E-state index contributed by atoms with van der Waals surface area (Å²) in [6.07, 6.45) is 2.29. The first-order chi connectivity index (χ1) is 13.3. The summed E-state index contributed by atoms with van der Waals surface area (Å²) in [5.74, 6) is 0.498. The largest absolute Gasteiger partial charge is 0.376 e. The van der Waals surface area contributed by atoms with E-state index in [1.807, 2.05) is 19.1 Å². The molecule has 28 heavy (non-hydrogen) atoms. The number of benzene rings is 1. The highest BCUT2D eigenvalue weighted by atomic mass is 32.1. The summed E-state index contributed by atoms with van der Waals surface area (Å²) in [6, 6.07) is 6.17. The van der Waals surface area contributed by atoms with Gasteiger partial charge in [0.15, 0.2) is 5.11 Å². The monoisotopic (exact) mass is 401 g/mol. The third-order valence-electron chi connectivity index (χ3n) is 5.15.